The van der Waals surface area contributed by atoms with Gasteiger partial charge in [-0.05, 0) is 25.5 Å². The molecule has 0 aliphatic rings. The van der Waals surface area contributed by atoms with Crippen molar-refractivity contribution in [3.63, 3.8) is 0 Å². The Balaban J connectivity index is 3.03. The number of ether oxygens (including phenoxy) is 1. The Kier molecular flexibility index (Phi) is 4.09. The number of hydrogen-bond acceptors (Lipinski definition) is 3. The first-order valence-electron chi connectivity index (χ1n) is 4.80. The van der Waals surface area contributed by atoms with Crippen LogP contribution in [0.1, 0.15) is 25.8 Å². The first kappa shape index (κ1) is 11.5. The summed E-state index contributed by atoms with van der Waals surface area (Å²) in [5, 5.41) is 11.7. The first-order valence-corrected chi connectivity index (χ1v) is 4.80. The average Bonchev–Trinajstić information content (AvgIpc) is 2.25. The van der Waals surface area contributed by atoms with E-state index >= 15 is 0 Å². The van der Waals surface area contributed by atoms with Crippen LogP contribution in [0.3, 0.4) is 0 Å². The van der Waals surface area contributed by atoms with Crippen LogP contribution in [0.2, 0.25) is 0 Å². The van der Waals surface area contributed by atoms with Gasteiger partial charge in [0.2, 0.25) is 0 Å². The lowest BCUT2D eigenvalue weighted by Gasteiger charge is -2.09. The molecule has 0 unspecified atom stereocenters. The summed E-state index contributed by atoms with van der Waals surface area (Å²) < 4.78 is 18.3. The molecule has 0 aliphatic carbocycles. The van der Waals surface area contributed by atoms with Gasteiger partial charge in [-0.3, -0.25) is 0 Å². The summed E-state index contributed by atoms with van der Waals surface area (Å²) in [6, 6.07) is 4.14. The Hall–Kier alpha value is -1.58. The van der Waals surface area contributed by atoms with Crippen molar-refractivity contribution in [1.29, 1.82) is 0 Å². The molecule has 82 valence electrons. The lowest BCUT2D eigenvalue weighted by molar-refractivity contribution is 0.310. The van der Waals surface area contributed by atoms with Gasteiger partial charge in [0.05, 0.1) is 12.3 Å². The molecular weight excluding hydrogens is 197 g/mol. The fourth-order valence-corrected chi connectivity index (χ4v) is 1.18. The number of oxime groups is 1. The Bertz CT molecular complexity index is 364. The third kappa shape index (κ3) is 2.94. The van der Waals surface area contributed by atoms with E-state index < -0.39 is 0 Å². The average molecular weight is 211 g/mol. The van der Waals surface area contributed by atoms with Gasteiger partial charge in [-0.1, -0.05) is 12.1 Å². The van der Waals surface area contributed by atoms with Crippen LogP contribution < -0.4 is 4.74 Å². The Morgan fingerprint density at radius 1 is 1.53 bits per heavy atom. The molecule has 0 aliphatic heterocycles. The van der Waals surface area contributed by atoms with Gasteiger partial charge in [0.1, 0.15) is 11.6 Å². The van der Waals surface area contributed by atoms with Crippen LogP contribution in [0.25, 0.3) is 0 Å². The van der Waals surface area contributed by atoms with Crippen molar-refractivity contribution in [2.45, 2.75) is 20.3 Å². The maximum atomic E-state index is 13.0. The van der Waals surface area contributed by atoms with Crippen molar-refractivity contribution in [3.8, 4) is 5.75 Å². The molecule has 0 fully saturated rings. The van der Waals surface area contributed by atoms with Crippen LogP contribution >= 0.6 is 0 Å². The van der Waals surface area contributed by atoms with Crippen molar-refractivity contribution in [2.75, 3.05) is 6.61 Å². The molecule has 3 nitrogen and oxygen atoms in total. The van der Waals surface area contributed by atoms with Gasteiger partial charge in [0, 0.05) is 11.6 Å². The highest BCUT2D eigenvalue weighted by atomic mass is 19.1. The van der Waals surface area contributed by atoms with Crippen molar-refractivity contribution >= 4 is 5.71 Å². The number of benzene rings is 1. The molecule has 1 N–H and O–H groups in total. The minimum absolute atomic E-state index is 0.365. The summed E-state index contributed by atoms with van der Waals surface area (Å²) in [5.74, 6) is 0.0442. The third-order valence-corrected chi connectivity index (χ3v) is 1.95. The molecular formula is C11H14FNO2. The second kappa shape index (κ2) is 5.34. The molecule has 0 saturated heterocycles. The molecule has 0 radical (unpaired) electrons. The molecule has 1 aromatic rings. The molecule has 4 heteroatoms. The van der Waals surface area contributed by atoms with Gasteiger partial charge in [0.15, 0.2) is 0 Å². The van der Waals surface area contributed by atoms with Gasteiger partial charge in [-0.25, -0.2) is 4.39 Å². The van der Waals surface area contributed by atoms with Crippen LogP contribution in [0, 0.1) is 5.82 Å². The van der Waals surface area contributed by atoms with E-state index in [-0.39, 0.29) is 5.82 Å². The zero-order valence-corrected chi connectivity index (χ0v) is 8.83. The highest BCUT2D eigenvalue weighted by molar-refractivity contribution is 6.00. The maximum Gasteiger partial charge on any atom is 0.131 e. The van der Waals surface area contributed by atoms with Crippen LogP contribution in [0.5, 0.6) is 5.75 Å². The molecule has 1 aromatic carbocycles. The fourth-order valence-electron chi connectivity index (χ4n) is 1.18. The predicted octanol–water partition coefficient (Wildman–Crippen LogP) is 2.81. The maximum absolute atomic E-state index is 13.0. The number of halogens is 1. The molecule has 0 heterocycles. The molecule has 1 rings (SSSR count). The molecule has 0 atom stereocenters. The monoisotopic (exact) mass is 211 g/mol. The fraction of sp³-hybridized carbons (Fsp3) is 0.364. The number of hydrogen-bond donors (Lipinski definition) is 1. The van der Waals surface area contributed by atoms with Gasteiger partial charge in [-0.15, -0.1) is 0 Å². The van der Waals surface area contributed by atoms with E-state index in [1.807, 2.05) is 6.92 Å². The van der Waals surface area contributed by atoms with Crippen LogP contribution in [-0.4, -0.2) is 17.5 Å². The highest BCUT2D eigenvalue weighted by Crippen LogP contribution is 2.21. The molecule has 0 saturated carbocycles. The standard InChI is InChI=1S/C11H14FNO2/c1-3-6-15-11-7-9(12)4-5-10(11)8(2)13-14/h4-5,7,14H,3,6H2,1-2H3. The van der Waals surface area contributed by atoms with E-state index in [4.69, 9.17) is 9.94 Å². The van der Waals surface area contributed by atoms with E-state index in [9.17, 15) is 4.39 Å². The Labute approximate surface area is 88.2 Å². The Morgan fingerprint density at radius 3 is 2.87 bits per heavy atom. The summed E-state index contributed by atoms with van der Waals surface area (Å²) in [6.45, 7) is 4.10. The second-order valence-electron chi connectivity index (χ2n) is 3.17. The highest BCUT2D eigenvalue weighted by Gasteiger charge is 2.08. The SMILES string of the molecule is CCCOc1cc(F)ccc1C(C)=NO. The lowest BCUT2D eigenvalue weighted by Crippen LogP contribution is -2.03. The quantitative estimate of drug-likeness (QED) is 0.472. The number of nitrogens with zero attached hydrogens (tertiary/aromatic N) is 1. The summed E-state index contributed by atoms with van der Waals surface area (Å²) in [6.07, 6.45) is 0.839. The van der Waals surface area contributed by atoms with E-state index in [2.05, 4.69) is 5.16 Å². The van der Waals surface area contributed by atoms with Gasteiger partial charge < -0.3 is 9.94 Å². The normalized spacial score (nSPS) is 11.5. The molecule has 0 bridgehead atoms. The lowest BCUT2D eigenvalue weighted by atomic mass is 10.1. The zero-order chi connectivity index (χ0) is 11.3. The molecule has 0 aromatic heterocycles. The first-order chi connectivity index (χ1) is 7.19. The largest absolute Gasteiger partial charge is 0.493 e. The van der Waals surface area contributed by atoms with Crippen LogP contribution in [0.15, 0.2) is 23.4 Å². The third-order valence-electron chi connectivity index (χ3n) is 1.95. The smallest absolute Gasteiger partial charge is 0.131 e. The molecule has 15 heavy (non-hydrogen) atoms. The van der Waals surface area contributed by atoms with Gasteiger partial charge in [0.25, 0.3) is 0 Å². The minimum Gasteiger partial charge on any atom is -0.493 e. The van der Waals surface area contributed by atoms with Crippen molar-refractivity contribution in [3.05, 3.63) is 29.6 Å². The van der Waals surface area contributed by atoms with Crippen molar-refractivity contribution < 1.29 is 14.3 Å². The van der Waals surface area contributed by atoms with Gasteiger partial charge >= 0.3 is 0 Å². The zero-order valence-electron chi connectivity index (χ0n) is 8.83. The van der Waals surface area contributed by atoms with Gasteiger partial charge in [-0.2, -0.15) is 0 Å². The Morgan fingerprint density at radius 2 is 2.27 bits per heavy atom. The number of rotatable bonds is 4. The summed E-state index contributed by atoms with van der Waals surface area (Å²) in [4.78, 5) is 0. The molecule has 0 spiro atoms. The summed E-state index contributed by atoms with van der Waals surface area (Å²) in [7, 11) is 0. The van der Waals surface area contributed by atoms with E-state index in [1.165, 1.54) is 18.2 Å². The summed E-state index contributed by atoms with van der Waals surface area (Å²) in [5.41, 5.74) is 1.01. The molecule has 0 amide bonds. The summed E-state index contributed by atoms with van der Waals surface area (Å²) >= 11 is 0. The van der Waals surface area contributed by atoms with Crippen molar-refractivity contribution in [1.82, 2.24) is 0 Å². The minimum atomic E-state index is -0.365. The van der Waals surface area contributed by atoms with Crippen LogP contribution in [0.4, 0.5) is 4.39 Å². The van der Waals surface area contributed by atoms with E-state index in [0.29, 0.717) is 23.6 Å². The van der Waals surface area contributed by atoms with Crippen molar-refractivity contribution in [2.24, 2.45) is 5.16 Å². The second-order valence-corrected chi connectivity index (χ2v) is 3.17. The van der Waals surface area contributed by atoms with Crippen LogP contribution in [-0.2, 0) is 0 Å². The predicted molar refractivity (Wildman–Crippen MR) is 56.2 cm³/mol. The van der Waals surface area contributed by atoms with E-state index in [1.54, 1.807) is 6.92 Å². The topological polar surface area (TPSA) is 41.8 Å². The van der Waals surface area contributed by atoms with E-state index in [0.717, 1.165) is 6.42 Å².